The van der Waals surface area contributed by atoms with Gasteiger partial charge in [0.25, 0.3) is 0 Å². The zero-order valence-electron chi connectivity index (χ0n) is 34.3. The topological polar surface area (TPSA) is 95.9 Å². The molecule has 1 saturated heterocycles. The van der Waals surface area contributed by atoms with E-state index in [-0.39, 0.29) is 39.8 Å². The van der Waals surface area contributed by atoms with Gasteiger partial charge in [-0.2, -0.15) is 0 Å². The molecule has 6 aliphatic carbocycles. The molecule has 0 aromatic carbocycles. The number of nitrogens with one attached hydrogen (secondary N) is 1. The lowest BCUT2D eigenvalue weighted by atomic mass is 9.33. The van der Waals surface area contributed by atoms with E-state index in [2.05, 4.69) is 70.5 Å². The highest BCUT2D eigenvalue weighted by Gasteiger charge is 2.70. The summed E-state index contributed by atoms with van der Waals surface area (Å²) in [6.45, 7) is 25.2. The highest BCUT2D eigenvalue weighted by Crippen LogP contribution is 2.76. The number of fused-ring (bicyclic) bond motifs is 7. The Morgan fingerprint density at radius 3 is 2.32 bits per heavy atom. The predicted molar refractivity (Wildman–Crippen MR) is 214 cm³/mol. The van der Waals surface area contributed by atoms with Gasteiger partial charge in [0.2, 0.25) is 0 Å². The van der Waals surface area contributed by atoms with Crippen LogP contribution in [0.25, 0.3) is 0 Å². The summed E-state index contributed by atoms with van der Waals surface area (Å²) >= 11 is 0. The van der Waals surface area contributed by atoms with Gasteiger partial charge in [0.15, 0.2) is 9.84 Å². The first kappa shape index (κ1) is 39.7. The first-order chi connectivity index (χ1) is 24.9. The van der Waals surface area contributed by atoms with Gasteiger partial charge in [-0.1, -0.05) is 58.9 Å². The number of carbonyl (C=O) groups is 1. The van der Waals surface area contributed by atoms with Crippen LogP contribution in [0.2, 0.25) is 0 Å². The molecule has 0 bridgehead atoms. The maximum atomic E-state index is 12.9. The number of carbonyl (C=O) groups excluding carboxylic acids is 1. The number of esters is 1. The molecule has 298 valence electrons. The van der Waals surface area contributed by atoms with Gasteiger partial charge in [0.05, 0.1) is 30.1 Å². The van der Waals surface area contributed by atoms with Crippen molar-refractivity contribution in [2.45, 2.75) is 131 Å². The van der Waals surface area contributed by atoms with Crippen molar-refractivity contribution in [3.05, 3.63) is 35.5 Å². The number of aliphatic hydroxyl groups is 1. The summed E-state index contributed by atoms with van der Waals surface area (Å²) in [7, 11) is -2.86. The molecule has 7 rings (SSSR count). The molecule has 53 heavy (non-hydrogen) atoms. The van der Waals surface area contributed by atoms with Gasteiger partial charge in [-0.25, -0.2) is 8.42 Å². The minimum absolute atomic E-state index is 0.0434. The van der Waals surface area contributed by atoms with Crippen LogP contribution in [0.5, 0.6) is 0 Å². The van der Waals surface area contributed by atoms with Crippen LogP contribution >= 0.6 is 0 Å². The maximum absolute atomic E-state index is 12.9. The fraction of sp³-hybridized carbons (Fsp3) is 0.844. The quantitative estimate of drug-likeness (QED) is 0.183. The number of sulfone groups is 1. The molecule has 0 amide bonds. The van der Waals surface area contributed by atoms with Gasteiger partial charge in [-0.05, 0) is 153 Å². The number of hydrogen-bond donors (Lipinski definition) is 2. The predicted octanol–water partition coefficient (Wildman–Crippen LogP) is 7.90. The minimum atomic E-state index is -2.86. The number of ether oxygens (including phenoxy) is 1. The molecule has 7 nitrogen and oxygen atoms in total. The number of nitrogens with zero attached hydrogens (tertiary/aromatic N) is 1. The lowest BCUT2D eigenvalue weighted by Crippen LogP contribution is -2.68. The zero-order valence-corrected chi connectivity index (χ0v) is 35.1. The molecule has 7 aliphatic rings. The van der Waals surface area contributed by atoms with Crippen LogP contribution in [-0.2, 0) is 19.4 Å². The standard InChI is InChI=1S/C45H72N2O5S/c1-9-52-39(49)44(30-48)19-12-32(13-20-44)34-15-17-41(6)36(40(34,4)5)16-18-43(8)37(41)11-10-35-38-33(31(2)3)14-21-45(38,23-22-42(35,43)7)46-24-25-47-26-28-53(50,51)29-27-47/h12,15,33,35-38,46,48H,2,9-11,13-14,16-30H2,1,3-8H3/t33-,35+,36-,37+,38+,41-,42+,43+,44+,45-/m0/s1. The molecule has 0 aromatic heterocycles. The summed E-state index contributed by atoms with van der Waals surface area (Å²) in [5.74, 6) is 3.48. The molecule has 4 saturated carbocycles. The third-order valence-corrected chi connectivity index (χ3v) is 19.6. The highest BCUT2D eigenvalue weighted by atomic mass is 32.2. The van der Waals surface area contributed by atoms with Crippen LogP contribution < -0.4 is 5.32 Å². The lowest BCUT2D eigenvalue weighted by molar-refractivity contribution is -0.221. The van der Waals surface area contributed by atoms with Crippen molar-refractivity contribution < 1.29 is 23.1 Å². The Balaban J connectivity index is 1.12. The summed E-state index contributed by atoms with van der Waals surface area (Å²) in [5.41, 5.74) is 4.44. The van der Waals surface area contributed by atoms with Gasteiger partial charge in [0, 0.05) is 31.7 Å². The van der Waals surface area contributed by atoms with Crippen molar-refractivity contribution in [2.75, 3.05) is 50.9 Å². The molecule has 1 aliphatic heterocycles. The minimum Gasteiger partial charge on any atom is -0.465 e. The zero-order chi connectivity index (χ0) is 38.2. The van der Waals surface area contributed by atoms with E-state index in [9.17, 15) is 18.3 Å². The fourth-order valence-electron chi connectivity index (χ4n) is 14.9. The van der Waals surface area contributed by atoms with E-state index < -0.39 is 15.3 Å². The average Bonchev–Trinajstić information content (AvgIpc) is 3.49. The van der Waals surface area contributed by atoms with Crippen molar-refractivity contribution >= 4 is 15.8 Å². The van der Waals surface area contributed by atoms with Gasteiger partial charge >= 0.3 is 5.97 Å². The van der Waals surface area contributed by atoms with Gasteiger partial charge < -0.3 is 20.1 Å². The largest absolute Gasteiger partial charge is 0.465 e. The molecular weight excluding hydrogens is 681 g/mol. The summed E-state index contributed by atoms with van der Waals surface area (Å²) in [4.78, 5) is 15.2. The van der Waals surface area contributed by atoms with E-state index in [1.807, 2.05) is 6.92 Å². The monoisotopic (exact) mass is 753 g/mol. The third-order valence-electron chi connectivity index (χ3n) is 18.0. The Bertz CT molecular complexity index is 1620. The maximum Gasteiger partial charge on any atom is 0.314 e. The van der Waals surface area contributed by atoms with E-state index in [1.54, 1.807) is 0 Å². The van der Waals surface area contributed by atoms with Crippen LogP contribution in [0.15, 0.2) is 35.5 Å². The molecule has 5 fully saturated rings. The molecule has 2 N–H and O–H groups in total. The number of rotatable bonds is 9. The van der Waals surface area contributed by atoms with Crippen molar-refractivity contribution in [2.24, 2.45) is 56.7 Å². The highest BCUT2D eigenvalue weighted by molar-refractivity contribution is 7.91. The van der Waals surface area contributed by atoms with Crippen LogP contribution in [-0.4, -0.2) is 80.8 Å². The Morgan fingerprint density at radius 2 is 1.68 bits per heavy atom. The summed E-state index contributed by atoms with van der Waals surface area (Å²) in [6.07, 6.45) is 18.2. The lowest BCUT2D eigenvalue weighted by Gasteiger charge is -2.72. The Hall–Kier alpha value is -1.48. The van der Waals surface area contributed by atoms with Crippen molar-refractivity contribution in [1.29, 1.82) is 0 Å². The van der Waals surface area contributed by atoms with Crippen LogP contribution in [0.3, 0.4) is 0 Å². The van der Waals surface area contributed by atoms with Crippen molar-refractivity contribution in [3.63, 3.8) is 0 Å². The van der Waals surface area contributed by atoms with Crippen LogP contribution in [0.1, 0.15) is 126 Å². The van der Waals surface area contributed by atoms with Gasteiger partial charge in [-0.15, -0.1) is 0 Å². The third kappa shape index (κ3) is 6.20. The Labute approximate surface area is 322 Å². The molecule has 0 aromatic rings. The smallest absolute Gasteiger partial charge is 0.314 e. The molecule has 0 spiro atoms. The molecule has 0 radical (unpaired) electrons. The SMILES string of the molecule is C=C(C)[C@@H]1CC[C@]2(NCCN3CCS(=O)(=O)CC3)CC[C@]3(C)[C@H](CC[C@@H]4[C@@]5(C)CC=C(C6=CC[C@@](CO)(C(=O)OCC)CC6)C(C)(C)[C@@H]5CC[C@]43C)[C@@H]12. The van der Waals surface area contributed by atoms with Gasteiger partial charge in [0.1, 0.15) is 0 Å². The second-order valence-corrected chi connectivity index (χ2v) is 22.7. The summed E-state index contributed by atoms with van der Waals surface area (Å²) in [6, 6.07) is 0. The van der Waals surface area contributed by atoms with Crippen molar-refractivity contribution in [1.82, 2.24) is 10.2 Å². The first-order valence-corrected chi connectivity index (χ1v) is 23.3. The van der Waals surface area contributed by atoms with Crippen LogP contribution in [0.4, 0.5) is 0 Å². The van der Waals surface area contributed by atoms with E-state index in [0.29, 0.717) is 73.6 Å². The molecule has 0 unspecified atom stereocenters. The van der Waals surface area contributed by atoms with Gasteiger partial charge in [-0.3, -0.25) is 4.79 Å². The molecule has 1 heterocycles. The average molecular weight is 753 g/mol. The van der Waals surface area contributed by atoms with E-state index in [1.165, 1.54) is 68.1 Å². The number of aliphatic hydroxyl groups excluding tert-OH is 1. The molecular formula is C45H72N2O5S. The Morgan fingerprint density at radius 1 is 0.943 bits per heavy atom. The molecule has 10 atom stereocenters. The van der Waals surface area contributed by atoms with E-state index in [0.717, 1.165) is 25.9 Å². The van der Waals surface area contributed by atoms with E-state index >= 15 is 0 Å². The number of hydrogen-bond acceptors (Lipinski definition) is 7. The number of allylic oxidation sites excluding steroid dienone is 5. The van der Waals surface area contributed by atoms with Crippen molar-refractivity contribution in [3.8, 4) is 0 Å². The van der Waals surface area contributed by atoms with E-state index in [4.69, 9.17) is 4.74 Å². The first-order valence-electron chi connectivity index (χ1n) is 21.4. The second kappa shape index (κ2) is 13.9. The second-order valence-electron chi connectivity index (χ2n) is 20.4. The van der Waals surface area contributed by atoms with Crippen LogP contribution in [0, 0.1) is 56.7 Å². The fourth-order valence-corrected chi connectivity index (χ4v) is 16.1. The Kier molecular flexibility index (Phi) is 10.4. The summed E-state index contributed by atoms with van der Waals surface area (Å²) < 4.78 is 29.5. The normalized spacial score (nSPS) is 44.7. The summed E-state index contributed by atoms with van der Waals surface area (Å²) in [5, 5.41) is 14.5. The molecule has 8 heteroatoms.